The van der Waals surface area contributed by atoms with Crippen molar-refractivity contribution < 1.29 is 9.53 Å². The van der Waals surface area contributed by atoms with Gasteiger partial charge in [-0.2, -0.15) is 0 Å². The Labute approximate surface area is 174 Å². The Morgan fingerprint density at radius 3 is 2.38 bits per heavy atom. The molecule has 146 valence electrons. The summed E-state index contributed by atoms with van der Waals surface area (Å²) in [6.07, 6.45) is 1.86. The summed E-state index contributed by atoms with van der Waals surface area (Å²) < 4.78 is 5.07. The predicted octanol–water partition coefficient (Wildman–Crippen LogP) is 2.98. The van der Waals surface area contributed by atoms with Crippen LogP contribution in [0.5, 0.6) is 0 Å². The van der Waals surface area contributed by atoms with Gasteiger partial charge in [0.2, 0.25) is 0 Å². The smallest absolute Gasteiger partial charge is 0.409 e. The molecular weight excluding hydrogens is 443 g/mol. The van der Waals surface area contributed by atoms with E-state index in [-0.39, 0.29) is 30.1 Å². The summed E-state index contributed by atoms with van der Waals surface area (Å²) in [4.78, 5) is 20.5. The molecule has 1 aromatic carbocycles. The molecule has 0 atom stereocenters. The molecule has 1 amide bonds. The number of nitrogens with one attached hydrogen (secondary N) is 1. The zero-order valence-electron chi connectivity index (χ0n) is 15.8. The average molecular weight is 474 g/mol. The second kappa shape index (κ2) is 12.8. The van der Waals surface area contributed by atoms with Gasteiger partial charge in [-0.15, -0.1) is 24.0 Å². The fourth-order valence-corrected chi connectivity index (χ4v) is 2.85. The quantitative estimate of drug-likeness (QED) is 0.298. The fraction of sp³-hybridized carbons (Fsp3) is 0.579. The number of hydrogen-bond acceptors (Lipinski definition) is 3. The van der Waals surface area contributed by atoms with E-state index in [9.17, 15) is 4.79 Å². The Hall–Kier alpha value is -1.51. The third kappa shape index (κ3) is 7.39. The number of nitrogens with zero attached hydrogens (tertiary/aromatic N) is 3. The van der Waals surface area contributed by atoms with Gasteiger partial charge in [0, 0.05) is 39.3 Å². The number of halogens is 1. The highest BCUT2D eigenvalue weighted by atomic mass is 127. The molecule has 1 aliphatic rings. The van der Waals surface area contributed by atoms with Crippen LogP contribution in [0.3, 0.4) is 0 Å². The molecule has 0 aliphatic carbocycles. The normalized spacial score (nSPS) is 14.6. The van der Waals surface area contributed by atoms with Gasteiger partial charge >= 0.3 is 6.09 Å². The predicted molar refractivity (Wildman–Crippen MR) is 116 cm³/mol. The number of piperazine rings is 1. The molecule has 1 aliphatic heterocycles. The van der Waals surface area contributed by atoms with Crippen LogP contribution in [0.15, 0.2) is 35.3 Å². The van der Waals surface area contributed by atoms with Gasteiger partial charge < -0.3 is 19.9 Å². The van der Waals surface area contributed by atoms with Crippen LogP contribution in [0.4, 0.5) is 4.79 Å². The van der Waals surface area contributed by atoms with Crippen molar-refractivity contribution in [3.8, 4) is 0 Å². The molecule has 0 aromatic heterocycles. The second-order valence-corrected chi connectivity index (χ2v) is 6.00. The van der Waals surface area contributed by atoms with Crippen molar-refractivity contribution >= 4 is 36.0 Å². The average Bonchev–Trinajstić information content (AvgIpc) is 2.65. The van der Waals surface area contributed by atoms with Crippen LogP contribution in [-0.4, -0.2) is 67.7 Å². The number of carbonyl (C=O) groups excluding carboxylic acids is 1. The maximum absolute atomic E-state index is 11.8. The first-order valence-electron chi connectivity index (χ1n) is 9.23. The minimum atomic E-state index is -0.216. The van der Waals surface area contributed by atoms with Crippen molar-refractivity contribution in [3.05, 3.63) is 35.9 Å². The van der Waals surface area contributed by atoms with E-state index in [2.05, 4.69) is 41.4 Å². The van der Waals surface area contributed by atoms with E-state index in [0.29, 0.717) is 19.7 Å². The van der Waals surface area contributed by atoms with Gasteiger partial charge in [-0.05, 0) is 32.3 Å². The van der Waals surface area contributed by atoms with E-state index < -0.39 is 0 Å². The van der Waals surface area contributed by atoms with Gasteiger partial charge in [-0.25, -0.2) is 4.79 Å². The lowest BCUT2D eigenvalue weighted by Crippen LogP contribution is -2.53. The zero-order valence-corrected chi connectivity index (χ0v) is 18.1. The van der Waals surface area contributed by atoms with E-state index in [4.69, 9.17) is 9.73 Å². The lowest BCUT2D eigenvalue weighted by atomic mass is 10.1. The van der Waals surface area contributed by atoms with Crippen molar-refractivity contribution in [2.75, 3.05) is 45.9 Å². The zero-order chi connectivity index (χ0) is 17.9. The Kier molecular flexibility index (Phi) is 11.1. The van der Waals surface area contributed by atoms with E-state index in [1.165, 1.54) is 5.56 Å². The minimum absolute atomic E-state index is 0. The van der Waals surface area contributed by atoms with Crippen molar-refractivity contribution in [1.82, 2.24) is 15.1 Å². The first-order valence-corrected chi connectivity index (χ1v) is 9.23. The van der Waals surface area contributed by atoms with Crippen molar-refractivity contribution in [2.45, 2.75) is 26.7 Å². The molecule has 1 fully saturated rings. The van der Waals surface area contributed by atoms with E-state index in [1.54, 1.807) is 4.90 Å². The number of rotatable bonds is 6. The molecule has 0 spiro atoms. The third-order valence-corrected chi connectivity index (χ3v) is 4.17. The van der Waals surface area contributed by atoms with E-state index in [1.807, 2.05) is 13.0 Å². The van der Waals surface area contributed by atoms with Crippen molar-refractivity contribution in [2.24, 2.45) is 4.99 Å². The van der Waals surface area contributed by atoms with Gasteiger partial charge in [0.05, 0.1) is 6.61 Å². The monoisotopic (exact) mass is 474 g/mol. The summed E-state index contributed by atoms with van der Waals surface area (Å²) in [6.45, 7) is 8.89. The highest BCUT2D eigenvalue weighted by molar-refractivity contribution is 14.0. The molecule has 2 rings (SSSR count). The summed E-state index contributed by atoms with van der Waals surface area (Å²) in [5, 5.41) is 3.36. The number of amides is 1. The fourth-order valence-electron chi connectivity index (χ4n) is 2.85. The Morgan fingerprint density at radius 2 is 1.77 bits per heavy atom. The van der Waals surface area contributed by atoms with Crippen LogP contribution in [0.25, 0.3) is 0 Å². The molecular formula is C19H31IN4O2. The summed E-state index contributed by atoms with van der Waals surface area (Å²) in [5.74, 6) is 0.944. The summed E-state index contributed by atoms with van der Waals surface area (Å²) >= 11 is 0. The Balaban J connectivity index is 0.00000338. The standard InChI is InChI=1S/C19H30N4O2.HI/c1-3-20-18(21-12-8-11-17-9-6-5-7-10-17)22-13-15-23(16-14-22)19(24)25-4-2;/h5-7,9-10H,3-4,8,11-16H2,1-2H3,(H,20,21);1H. The van der Waals surface area contributed by atoms with E-state index in [0.717, 1.165) is 45.0 Å². The highest BCUT2D eigenvalue weighted by Crippen LogP contribution is 2.06. The molecule has 7 heteroatoms. The molecule has 1 heterocycles. The summed E-state index contributed by atoms with van der Waals surface area (Å²) in [7, 11) is 0. The number of benzene rings is 1. The van der Waals surface area contributed by atoms with E-state index >= 15 is 0 Å². The molecule has 0 radical (unpaired) electrons. The number of guanidine groups is 1. The second-order valence-electron chi connectivity index (χ2n) is 6.00. The van der Waals surface area contributed by atoms with Gasteiger partial charge in [-0.3, -0.25) is 4.99 Å². The number of ether oxygens (including phenoxy) is 1. The lowest BCUT2D eigenvalue weighted by molar-refractivity contribution is 0.0914. The largest absolute Gasteiger partial charge is 0.450 e. The van der Waals surface area contributed by atoms with Gasteiger partial charge in [0.1, 0.15) is 0 Å². The minimum Gasteiger partial charge on any atom is -0.450 e. The third-order valence-electron chi connectivity index (χ3n) is 4.17. The number of aliphatic imine (C=N–C) groups is 1. The maximum atomic E-state index is 11.8. The summed E-state index contributed by atoms with van der Waals surface area (Å²) in [6, 6.07) is 10.5. The molecule has 1 aromatic rings. The van der Waals surface area contributed by atoms with Crippen molar-refractivity contribution in [1.29, 1.82) is 0 Å². The summed E-state index contributed by atoms with van der Waals surface area (Å²) in [5.41, 5.74) is 1.35. The van der Waals surface area contributed by atoms with Crippen LogP contribution in [0.1, 0.15) is 25.8 Å². The highest BCUT2D eigenvalue weighted by Gasteiger charge is 2.23. The molecule has 0 bridgehead atoms. The number of hydrogen-bond donors (Lipinski definition) is 1. The molecule has 0 saturated carbocycles. The molecule has 0 unspecified atom stereocenters. The van der Waals surface area contributed by atoms with Crippen LogP contribution in [0.2, 0.25) is 0 Å². The Bertz CT molecular complexity index is 546. The SMILES string of the molecule is CCNC(=NCCCc1ccccc1)N1CCN(C(=O)OCC)CC1.I. The molecule has 6 nitrogen and oxygen atoms in total. The van der Waals surface area contributed by atoms with Gasteiger partial charge in [0.15, 0.2) is 5.96 Å². The number of aryl methyl sites for hydroxylation is 1. The van der Waals surface area contributed by atoms with Crippen LogP contribution >= 0.6 is 24.0 Å². The van der Waals surface area contributed by atoms with Crippen LogP contribution < -0.4 is 5.32 Å². The topological polar surface area (TPSA) is 57.2 Å². The molecule has 1 N–H and O–H groups in total. The molecule has 26 heavy (non-hydrogen) atoms. The Morgan fingerprint density at radius 1 is 1.12 bits per heavy atom. The van der Waals surface area contributed by atoms with Crippen LogP contribution in [0, 0.1) is 0 Å². The van der Waals surface area contributed by atoms with Gasteiger partial charge in [-0.1, -0.05) is 30.3 Å². The lowest BCUT2D eigenvalue weighted by Gasteiger charge is -2.35. The first kappa shape index (κ1) is 22.5. The maximum Gasteiger partial charge on any atom is 0.409 e. The van der Waals surface area contributed by atoms with Crippen molar-refractivity contribution in [3.63, 3.8) is 0 Å². The molecule has 1 saturated heterocycles. The van der Waals surface area contributed by atoms with Crippen LogP contribution in [-0.2, 0) is 11.2 Å². The van der Waals surface area contributed by atoms with Gasteiger partial charge in [0.25, 0.3) is 0 Å². The number of carbonyl (C=O) groups is 1. The first-order chi connectivity index (χ1) is 12.2.